The van der Waals surface area contributed by atoms with Crippen LogP contribution >= 0.6 is 0 Å². The molecule has 0 spiro atoms. The summed E-state index contributed by atoms with van der Waals surface area (Å²) >= 11 is 0. The molecule has 0 bridgehead atoms. The van der Waals surface area contributed by atoms with Crippen molar-refractivity contribution in [1.82, 2.24) is 65.8 Å². The SMILES string of the molecule is Cc1cc(NC(=O)c2cnc(N)c3cc(-c4cccc(F)c4)ccc23)ccn1.Cc1ncccc1NC(=O)c1cnc(N)c2cc(-c3cccc(F)c3)ccc12.Nc1ncc(C(=O)NCc2ccccn2)c2ccc(-c3cccc(F)c3)cc12.Nc1ncc(C(=O)NCc2cccnc2)c2ccc(-c3cccc(F)c3)cc12.Nc1ncc(C(=O)NCc2ccncc2)c2ccc(-c3cccc(F)c3)cc12. The van der Waals surface area contributed by atoms with Gasteiger partial charge in [0.15, 0.2) is 0 Å². The van der Waals surface area contributed by atoms with Crippen molar-refractivity contribution in [1.29, 1.82) is 0 Å². The highest BCUT2D eigenvalue weighted by Crippen LogP contribution is 2.37. The number of fused-ring (bicyclic) bond motifs is 5. The number of nitrogens with zero attached hydrogens (tertiary/aromatic N) is 10. The van der Waals surface area contributed by atoms with Crippen LogP contribution in [0.15, 0.2) is 353 Å². The Balaban J connectivity index is 0.000000126. The molecule has 20 rings (SSSR count). The molecule has 0 fully saturated rings. The van der Waals surface area contributed by atoms with Crippen LogP contribution in [0.1, 0.15) is 80.0 Å². The molecule has 0 unspecified atom stereocenters. The van der Waals surface area contributed by atoms with Crippen LogP contribution in [0.3, 0.4) is 0 Å². The average Bonchev–Trinajstić information content (AvgIpc) is 0.800. The molecule has 30 heteroatoms. The van der Waals surface area contributed by atoms with Crippen LogP contribution in [-0.2, 0) is 19.6 Å². The summed E-state index contributed by atoms with van der Waals surface area (Å²) in [4.78, 5) is 105. The van der Waals surface area contributed by atoms with Crippen molar-refractivity contribution in [3.05, 3.63) is 439 Å². The lowest BCUT2D eigenvalue weighted by Crippen LogP contribution is -2.23. The van der Waals surface area contributed by atoms with Crippen molar-refractivity contribution in [2.45, 2.75) is 33.5 Å². The Morgan fingerprint density at radius 3 is 0.943 bits per heavy atom. The first-order valence-corrected chi connectivity index (χ1v) is 43.6. The fraction of sp³-hybridized carbons (Fsp3) is 0.0455. The normalized spacial score (nSPS) is 10.8. The summed E-state index contributed by atoms with van der Waals surface area (Å²) in [6.07, 6.45) is 19.0. The maximum absolute atomic E-state index is 13.6. The second kappa shape index (κ2) is 43.3. The van der Waals surface area contributed by atoms with Crippen LogP contribution in [0.4, 0.5) is 62.4 Å². The first-order valence-electron chi connectivity index (χ1n) is 43.6. The Morgan fingerprint density at radius 1 is 0.257 bits per heavy atom. The Kier molecular flexibility index (Phi) is 29.2. The number of aromatic nitrogens is 10. The third-order valence-electron chi connectivity index (χ3n) is 22.5. The molecular weight excluding hydrogens is 1780 g/mol. The van der Waals surface area contributed by atoms with E-state index in [1.807, 2.05) is 166 Å². The van der Waals surface area contributed by atoms with E-state index in [0.717, 1.165) is 83.8 Å². The lowest BCUT2D eigenvalue weighted by molar-refractivity contribution is 0.0944. The highest BCUT2D eigenvalue weighted by molar-refractivity contribution is 6.17. The fourth-order valence-corrected chi connectivity index (χ4v) is 15.4. The number of hydrogen-bond donors (Lipinski definition) is 10. The predicted molar refractivity (Wildman–Crippen MR) is 538 cm³/mol. The minimum atomic E-state index is -0.316. The van der Waals surface area contributed by atoms with E-state index in [1.165, 1.54) is 91.6 Å². The van der Waals surface area contributed by atoms with E-state index in [-0.39, 0.29) is 58.6 Å². The van der Waals surface area contributed by atoms with Crippen LogP contribution in [0.25, 0.3) is 109 Å². The number of nitrogens with two attached hydrogens (primary N) is 5. The number of aryl methyl sites for hydroxylation is 2. The first-order chi connectivity index (χ1) is 67.9. The van der Waals surface area contributed by atoms with Gasteiger partial charge >= 0.3 is 0 Å². The van der Waals surface area contributed by atoms with Crippen LogP contribution in [-0.4, -0.2) is 79.4 Å². The number of nitrogen functional groups attached to an aromatic ring is 5. The first kappa shape index (κ1) is 94.2. The van der Waals surface area contributed by atoms with Gasteiger partial charge in [-0.25, -0.2) is 46.9 Å². The van der Waals surface area contributed by atoms with Gasteiger partial charge in [-0.2, -0.15) is 0 Å². The van der Waals surface area contributed by atoms with Crippen molar-refractivity contribution in [2.75, 3.05) is 39.3 Å². The summed E-state index contributed by atoms with van der Waals surface area (Å²) in [7, 11) is 0. The summed E-state index contributed by atoms with van der Waals surface area (Å²) in [5, 5.41) is 21.0. The number of anilines is 7. The van der Waals surface area contributed by atoms with Crippen LogP contribution in [0, 0.1) is 42.9 Å². The van der Waals surface area contributed by atoms with Crippen molar-refractivity contribution >= 4 is 124 Å². The molecule has 0 saturated heterocycles. The molecule has 690 valence electrons. The van der Waals surface area contributed by atoms with Crippen molar-refractivity contribution in [3.8, 4) is 55.6 Å². The molecule has 10 aromatic carbocycles. The zero-order chi connectivity index (χ0) is 97.9. The van der Waals surface area contributed by atoms with E-state index in [2.05, 4.69) is 76.4 Å². The highest BCUT2D eigenvalue weighted by Gasteiger charge is 2.22. The molecular formula is C110H85F5N20O5. The summed E-state index contributed by atoms with van der Waals surface area (Å²) in [6.45, 7) is 4.73. The number of carbonyl (C=O) groups excluding carboxylic acids is 5. The topological polar surface area (TPSA) is 404 Å². The highest BCUT2D eigenvalue weighted by atomic mass is 19.1. The quantitative estimate of drug-likeness (QED) is 0.0357. The average molecular weight is 1860 g/mol. The predicted octanol–water partition coefficient (Wildman–Crippen LogP) is 21.0. The number of amides is 5. The molecule has 0 aliphatic carbocycles. The number of halogens is 5. The Labute approximate surface area is 798 Å². The molecule has 0 saturated carbocycles. The van der Waals surface area contributed by atoms with Gasteiger partial charge in [-0.1, -0.05) is 133 Å². The standard InChI is InChI=1S/5C22H17FN4O/c1-13-20(6-3-9-25-13)27-22(28)19-12-26-21(24)18-11-15(7-8-17(18)19)14-4-2-5-16(23)10-14;1-13-9-17(7-8-25-13)27-22(28)20-12-26-21(24)19-11-15(5-6-18(19)20)14-3-2-4-16(23)10-14;23-17-5-1-4-15(9-17)16-6-7-18-19(10-16)21(24)26-13-20(18)22(28)27-12-14-3-2-8-25-11-14;23-16-5-3-4-14(10-16)15-7-8-18-19(11-15)21(24)26-13-20(18)22(28)27-12-17-6-1-2-9-25-17;23-17-3-1-2-15(10-17)16-4-5-18-19(11-16)21(24)26-13-20(18)22(28)27-12-14-6-8-25-9-7-14/h2-12H,1H3,(H2,24,26)(H,27,28);2-12H,1H3,(H2,24,26)(H,25,27,28);3*1-11,13H,12H2,(H2,24,26)(H,27,28). The van der Waals surface area contributed by atoms with Gasteiger partial charge in [0, 0.05) is 126 Å². The summed E-state index contributed by atoms with van der Waals surface area (Å²) < 4.78 is 67.8. The molecule has 0 aliphatic rings. The molecule has 10 heterocycles. The van der Waals surface area contributed by atoms with Crippen LogP contribution < -0.4 is 55.3 Å². The van der Waals surface area contributed by atoms with Crippen LogP contribution in [0.5, 0.6) is 0 Å². The van der Waals surface area contributed by atoms with Gasteiger partial charge in [0.25, 0.3) is 29.5 Å². The Hall–Kier alpha value is -19.0. The second-order valence-corrected chi connectivity index (χ2v) is 32.0. The maximum Gasteiger partial charge on any atom is 0.257 e. The molecule has 0 radical (unpaired) electrons. The van der Waals surface area contributed by atoms with Gasteiger partial charge in [-0.15, -0.1) is 0 Å². The number of benzene rings is 10. The van der Waals surface area contributed by atoms with Crippen molar-refractivity contribution in [3.63, 3.8) is 0 Å². The second-order valence-electron chi connectivity index (χ2n) is 32.0. The zero-order valence-electron chi connectivity index (χ0n) is 74.9. The Morgan fingerprint density at radius 2 is 0.600 bits per heavy atom. The molecule has 5 amide bonds. The van der Waals surface area contributed by atoms with E-state index in [0.29, 0.717) is 142 Å². The van der Waals surface area contributed by atoms with Crippen molar-refractivity contribution < 1.29 is 45.9 Å². The number of carbonyl (C=O) groups is 5. The molecule has 20 aromatic rings. The Bertz CT molecular complexity index is 7640. The smallest absolute Gasteiger partial charge is 0.257 e. The summed E-state index contributed by atoms with van der Waals surface area (Å²) in [6, 6.07) is 78.9. The minimum Gasteiger partial charge on any atom is -0.383 e. The molecule has 10 aromatic heterocycles. The summed E-state index contributed by atoms with van der Waals surface area (Å²) in [5.74, 6) is -1.35. The van der Waals surface area contributed by atoms with Crippen LogP contribution in [0.2, 0.25) is 0 Å². The van der Waals surface area contributed by atoms with Gasteiger partial charge in [-0.05, 0) is 253 Å². The zero-order valence-corrected chi connectivity index (χ0v) is 74.9. The largest absolute Gasteiger partial charge is 0.383 e. The monoisotopic (exact) mass is 1860 g/mol. The van der Waals surface area contributed by atoms with E-state index in [4.69, 9.17) is 28.7 Å². The van der Waals surface area contributed by atoms with Gasteiger partial charge in [0.05, 0.1) is 51.4 Å². The lowest BCUT2D eigenvalue weighted by Gasteiger charge is -2.12. The molecule has 0 atom stereocenters. The molecule has 140 heavy (non-hydrogen) atoms. The van der Waals surface area contributed by atoms with E-state index < -0.39 is 0 Å². The van der Waals surface area contributed by atoms with Gasteiger partial charge in [0.2, 0.25) is 0 Å². The third kappa shape index (κ3) is 22.9. The number of pyridine rings is 10. The van der Waals surface area contributed by atoms with Crippen molar-refractivity contribution in [2.24, 2.45) is 0 Å². The summed E-state index contributed by atoms with van der Waals surface area (Å²) in [5.41, 5.74) is 45.4. The van der Waals surface area contributed by atoms with E-state index >= 15 is 0 Å². The van der Waals surface area contributed by atoms with E-state index in [9.17, 15) is 45.9 Å². The number of hydrogen-bond acceptors (Lipinski definition) is 20. The maximum atomic E-state index is 13.6. The third-order valence-corrected chi connectivity index (χ3v) is 22.5. The van der Waals surface area contributed by atoms with Gasteiger partial charge < -0.3 is 55.3 Å². The lowest BCUT2D eigenvalue weighted by atomic mass is 9.99. The fourth-order valence-electron chi connectivity index (χ4n) is 15.4. The molecule has 25 nitrogen and oxygen atoms in total. The van der Waals surface area contributed by atoms with Gasteiger partial charge in [0.1, 0.15) is 58.2 Å². The van der Waals surface area contributed by atoms with E-state index in [1.54, 1.807) is 110 Å². The number of rotatable bonds is 18. The minimum absolute atomic E-state index is 0.243. The molecule has 15 N–H and O–H groups in total. The number of nitrogens with one attached hydrogen (secondary N) is 5. The van der Waals surface area contributed by atoms with Gasteiger partial charge in [-0.3, -0.25) is 48.9 Å². The molecule has 0 aliphatic heterocycles.